The molecular weight excluding hydrogens is 198 g/mol. The first kappa shape index (κ1) is 9.14. The summed E-state index contributed by atoms with van der Waals surface area (Å²) in [7, 11) is 1.88. The Kier molecular flexibility index (Phi) is 2.45. The molecule has 0 atom stereocenters. The number of nitrogens with one attached hydrogen (secondary N) is 1. The van der Waals surface area contributed by atoms with Crippen LogP contribution < -0.4 is 5.32 Å². The van der Waals surface area contributed by atoms with Crippen LogP contribution in [0, 0.1) is 0 Å². The van der Waals surface area contributed by atoms with Crippen molar-refractivity contribution in [2.75, 3.05) is 11.9 Å². The first-order valence-electron chi connectivity index (χ1n) is 4.36. The van der Waals surface area contributed by atoms with Crippen molar-refractivity contribution in [2.45, 2.75) is 6.92 Å². The Morgan fingerprint density at radius 2 is 2.43 bits per heavy atom. The largest absolute Gasteiger partial charge is 0.361 e. The van der Waals surface area contributed by atoms with Crippen molar-refractivity contribution in [2.24, 2.45) is 7.05 Å². The molecule has 74 valence electrons. The number of rotatable bonds is 3. The van der Waals surface area contributed by atoms with Crippen LogP contribution in [0.25, 0.3) is 11.4 Å². The minimum absolute atomic E-state index is 0.735. The second-order valence-electron chi connectivity index (χ2n) is 2.86. The van der Waals surface area contributed by atoms with Crippen LogP contribution in [-0.2, 0) is 7.05 Å². The molecule has 5 nitrogen and oxygen atoms in total. The number of hydrogen-bond acceptors (Lipinski definition) is 5. The molecule has 0 fully saturated rings. The molecule has 0 aliphatic carbocycles. The molecule has 0 bridgehead atoms. The molecule has 0 aliphatic rings. The van der Waals surface area contributed by atoms with Crippen LogP contribution in [0.2, 0.25) is 0 Å². The lowest BCUT2D eigenvalue weighted by atomic mass is 10.3. The quantitative estimate of drug-likeness (QED) is 0.829. The van der Waals surface area contributed by atoms with Crippen molar-refractivity contribution in [3.05, 3.63) is 12.4 Å². The summed E-state index contributed by atoms with van der Waals surface area (Å²) in [5.41, 5.74) is 0.952. The van der Waals surface area contributed by atoms with Gasteiger partial charge in [-0.25, -0.2) is 0 Å². The minimum Gasteiger partial charge on any atom is -0.361 e. The van der Waals surface area contributed by atoms with Gasteiger partial charge in [0.15, 0.2) is 5.82 Å². The maximum atomic E-state index is 4.33. The van der Waals surface area contributed by atoms with Gasteiger partial charge in [-0.2, -0.15) is 14.5 Å². The van der Waals surface area contributed by atoms with Gasteiger partial charge in [0.2, 0.25) is 5.13 Å². The second-order valence-corrected chi connectivity index (χ2v) is 3.61. The minimum atomic E-state index is 0.735. The van der Waals surface area contributed by atoms with Crippen molar-refractivity contribution in [1.29, 1.82) is 0 Å². The predicted octanol–water partition coefficient (Wildman–Crippen LogP) is 1.37. The van der Waals surface area contributed by atoms with Crippen molar-refractivity contribution in [3.63, 3.8) is 0 Å². The smallest absolute Gasteiger partial charge is 0.202 e. The van der Waals surface area contributed by atoms with Crippen LogP contribution in [0.4, 0.5) is 5.13 Å². The van der Waals surface area contributed by atoms with E-state index in [-0.39, 0.29) is 0 Å². The summed E-state index contributed by atoms with van der Waals surface area (Å²) in [6.07, 6.45) is 3.66. The molecular formula is C8H11N5S. The zero-order valence-electron chi connectivity index (χ0n) is 8.06. The Morgan fingerprint density at radius 3 is 3.07 bits per heavy atom. The standard InChI is InChI=1S/C8H11N5S/c1-3-9-8-11-7(12-14-8)6-4-10-13(2)5-6/h4-5H,3H2,1-2H3,(H,9,11,12). The van der Waals surface area contributed by atoms with Gasteiger partial charge in [0.05, 0.1) is 11.8 Å². The Labute approximate surface area is 86.0 Å². The SMILES string of the molecule is CCNc1nc(-c2cnn(C)c2)ns1. The van der Waals surface area contributed by atoms with Crippen LogP contribution in [0.15, 0.2) is 12.4 Å². The lowest BCUT2D eigenvalue weighted by Gasteiger charge is -1.91. The molecule has 0 saturated carbocycles. The van der Waals surface area contributed by atoms with Gasteiger partial charge < -0.3 is 5.32 Å². The number of nitrogens with zero attached hydrogens (tertiary/aromatic N) is 4. The van der Waals surface area contributed by atoms with Gasteiger partial charge in [0, 0.05) is 31.3 Å². The second kappa shape index (κ2) is 3.75. The first-order valence-corrected chi connectivity index (χ1v) is 5.13. The molecule has 0 aromatic carbocycles. The number of anilines is 1. The van der Waals surface area contributed by atoms with E-state index in [0.29, 0.717) is 0 Å². The van der Waals surface area contributed by atoms with Gasteiger partial charge in [0.25, 0.3) is 0 Å². The maximum absolute atomic E-state index is 4.33. The number of aromatic nitrogens is 4. The van der Waals surface area contributed by atoms with Gasteiger partial charge in [-0.05, 0) is 6.92 Å². The third-order valence-electron chi connectivity index (χ3n) is 1.72. The van der Waals surface area contributed by atoms with E-state index in [0.717, 1.165) is 23.1 Å². The molecule has 0 radical (unpaired) electrons. The Bertz CT molecular complexity index is 419. The summed E-state index contributed by atoms with van der Waals surface area (Å²) >= 11 is 1.37. The number of hydrogen-bond donors (Lipinski definition) is 1. The van der Waals surface area contributed by atoms with E-state index in [1.54, 1.807) is 10.9 Å². The summed E-state index contributed by atoms with van der Waals surface area (Å²) in [4.78, 5) is 4.33. The zero-order chi connectivity index (χ0) is 9.97. The zero-order valence-corrected chi connectivity index (χ0v) is 8.88. The summed E-state index contributed by atoms with van der Waals surface area (Å²) < 4.78 is 5.97. The molecule has 2 aromatic rings. The van der Waals surface area contributed by atoms with Crippen LogP contribution in [0.3, 0.4) is 0 Å². The Morgan fingerprint density at radius 1 is 1.57 bits per heavy atom. The summed E-state index contributed by atoms with van der Waals surface area (Å²) in [6, 6.07) is 0. The molecule has 0 spiro atoms. The first-order chi connectivity index (χ1) is 6.79. The van der Waals surface area contributed by atoms with Crippen LogP contribution in [0.1, 0.15) is 6.92 Å². The molecule has 0 amide bonds. The maximum Gasteiger partial charge on any atom is 0.202 e. The van der Waals surface area contributed by atoms with E-state index in [9.17, 15) is 0 Å². The van der Waals surface area contributed by atoms with E-state index in [1.807, 2.05) is 20.2 Å². The molecule has 2 aromatic heterocycles. The van der Waals surface area contributed by atoms with Crippen molar-refractivity contribution in [1.82, 2.24) is 19.1 Å². The molecule has 2 rings (SSSR count). The lowest BCUT2D eigenvalue weighted by molar-refractivity contribution is 0.768. The summed E-state index contributed by atoms with van der Waals surface area (Å²) in [6.45, 7) is 2.90. The van der Waals surface area contributed by atoms with Gasteiger partial charge >= 0.3 is 0 Å². The van der Waals surface area contributed by atoms with Crippen LogP contribution in [0.5, 0.6) is 0 Å². The fourth-order valence-corrected chi connectivity index (χ4v) is 1.76. The van der Waals surface area contributed by atoms with Gasteiger partial charge in [0.1, 0.15) is 0 Å². The highest BCUT2D eigenvalue weighted by Crippen LogP contribution is 2.19. The van der Waals surface area contributed by atoms with E-state index in [1.165, 1.54) is 11.5 Å². The van der Waals surface area contributed by atoms with Crippen LogP contribution in [-0.4, -0.2) is 25.7 Å². The lowest BCUT2D eigenvalue weighted by Crippen LogP contribution is -1.94. The topological polar surface area (TPSA) is 55.6 Å². The Balaban J connectivity index is 2.24. The molecule has 1 N–H and O–H groups in total. The molecule has 0 unspecified atom stereocenters. The summed E-state index contributed by atoms with van der Waals surface area (Å²) in [5.74, 6) is 0.735. The molecule has 0 saturated heterocycles. The fourth-order valence-electron chi connectivity index (χ4n) is 1.10. The highest BCUT2D eigenvalue weighted by atomic mass is 32.1. The van der Waals surface area contributed by atoms with Gasteiger partial charge in [-0.15, -0.1) is 0 Å². The third-order valence-corrected chi connectivity index (χ3v) is 2.39. The molecule has 0 aliphatic heterocycles. The number of aryl methyl sites for hydroxylation is 1. The average molecular weight is 209 g/mol. The van der Waals surface area contributed by atoms with E-state index < -0.39 is 0 Å². The van der Waals surface area contributed by atoms with E-state index in [2.05, 4.69) is 19.8 Å². The molecule has 2 heterocycles. The average Bonchev–Trinajstić information content (AvgIpc) is 2.74. The van der Waals surface area contributed by atoms with Crippen molar-refractivity contribution in [3.8, 4) is 11.4 Å². The third kappa shape index (κ3) is 1.74. The van der Waals surface area contributed by atoms with Crippen molar-refractivity contribution >= 4 is 16.7 Å². The highest BCUT2D eigenvalue weighted by Gasteiger charge is 2.06. The fraction of sp³-hybridized carbons (Fsp3) is 0.375. The van der Waals surface area contributed by atoms with Crippen LogP contribution >= 0.6 is 11.5 Å². The monoisotopic (exact) mass is 209 g/mol. The predicted molar refractivity (Wildman–Crippen MR) is 56.3 cm³/mol. The summed E-state index contributed by atoms with van der Waals surface area (Å²) in [5, 5.41) is 8.04. The normalized spacial score (nSPS) is 10.4. The van der Waals surface area contributed by atoms with Crippen molar-refractivity contribution < 1.29 is 0 Å². The van der Waals surface area contributed by atoms with E-state index in [4.69, 9.17) is 0 Å². The van der Waals surface area contributed by atoms with Gasteiger partial charge in [-0.3, -0.25) is 4.68 Å². The molecule has 14 heavy (non-hydrogen) atoms. The molecule has 6 heteroatoms. The Hall–Kier alpha value is -1.43. The highest BCUT2D eigenvalue weighted by molar-refractivity contribution is 7.09. The van der Waals surface area contributed by atoms with Gasteiger partial charge in [-0.1, -0.05) is 0 Å². The van der Waals surface area contributed by atoms with E-state index >= 15 is 0 Å².